The molecule has 0 bridgehead atoms. The Balaban J connectivity index is 1.95. The van der Waals surface area contributed by atoms with E-state index >= 15 is 0 Å². The van der Waals surface area contributed by atoms with Crippen molar-refractivity contribution in [3.8, 4) is 5.75 Å². The number of hydrogen-bond donors (Lipinski definition) is 1. The second-order valence-electron chi connectivity index (χ2n) is 4.08. The number of nitrogens with one attached hydrogen (secondary N) is 1. The standard InChI is InChI=1S/C13H16FN3O/c1-17-9-10(7-16-17)6-15-8-11-5-12(14)3-4-13(11)18-2/h3-5,7,9,15H,6,8H2,1-2H3. The molecule has 1 aromatic heterocycles. The lowest BCUT2D eigenvalue weighted by atomic mass is 10.2. The lowest BCUT2D eigenvalue weighted by molar-refractivity contribution is 0.406. The molecule has 1 N–H and O–H groups in total. The van der Waals surface area contributed by atoms with Gasteiger partial charge in [0, 0.05) is 37.5 Å². The van der Waals surface area contributed by atoms with Gasteiger partial charge in [-0.2, -0.15) is 5.10 Å². The van der Waals surface area contributed by atoms with Crippen LogP contribution in [0.25, 0.3) is 0 Å². The molecule has 4 nitrogen and oxygen atoms in total. The Morgan fingerprint density at radius 2 is 2.22 bits per heavy atom. The van der Waals surface area contributed by atoms with Crippen molar-refractivity contribution in [2.24, 2.45) is 7.05 Å². The van der Waals surface area contributed by atoms with E-state index in [2.05, 4.69) is 10.4 Å². The van der Waals surface area contributed by atoms with Gasteiger partial charge in [-0.05, 0) is 18.2 Å². The highest BCUT2D eigenvalue weighted by Crippen LogP contribution is 2.19. The van der Waals surface area contributed by atoms with Crippen molar-refractivity contribution in [3.05, 3.63) is 47.5 Å². The zero-order chi connectivity index (χ0) is 13.0. The van der Waals surface area contributed by atoms with Gasteiger partial charge in [-0.1, -0.05) is 0 Å². The maximum atomic E-state index is 13.1. The monoisotopic (exact) mass is 249 g/mol. The van der Waals surface area contributed by atoms with Crippen LogP contribution in [0.5, 0.6) is 5.75 Å². The molecular weight excluding hydrogens is 233 g/mol. The highest BCUT2D eigenvalue weighted by Gasteiger charge is 2.04. The smallest absolute Gasteiger partial charge is 0.123 e. The highest BCUT2D eigenvalue weighted by molar-refractivity contribution is 5.33. The fraction of sp³-hybridized carbons (Fsp3) is 0.308. The van der Waals surface area contributed by atoms with Gasteiger partial charge >= 0.3 is 0 Å². The van der Waals surface area contributed by atoms with Crippen LogP contribution >= 0.6 is 0 Å². The highest BCUT2D eigenvalue weighted by atomic mass is 19.1. The van der Waals surface area contributed by atoms with Gasteiger partial charge in [0.25, 0.3) is 0 Å². The largest absolute Gasteiger partial charge is 0.496 e. The van der Waals surface area contributed by atoms with E-state index in [0.29, 0.717) is 18.8 Å². The number of benzene rings is 1. The number of rotatable bonds is 5. The molecule has 0 aliphatic rings. The summed E-state index contributed by atoms with van der Waals surface area (Å²) in [6.45, 7) is 1.24. The molecule has 0 fully saturated rings. The second-order valence-corrected chi connectivity index (χ2v) is 4.08. The first-order valence-electron chi connectivity index (χ1n) is 5.69. The maximum absolute atomic E-state index is 13.1. The third kappa shape index (κ3) is 3.07. The average molecular weight is 249 g/mol. The molecule has 2 aromatic rings. The first-order chi connectivity index (χ1) is 8.69. The number of nitrogens with zero attached hydrogens (tertiary/aromatic N) is 2. The second kappa shape index (κ2) is 5.64. The van der Waals surface area contributed by atoms with E-state index in [1.807, 2.05) is 13.2 Å². The number of halogens is 1. The number of aromatic nitrogens is 2. The summed E-state index contributed by atoms with van der Waals surface area (Å²) >= 11 is 0. The van der Waals surface area contributed by atoms with Crippen LogP contribution in [0.1, 0.15) is 11.1 Å². The molecule has 0 amide bonds. The third-order valence-electron chi connectivity index (χ3n) is 2.65. The van der Waals surface area contributed by atoms with Crippen molar-refractivity contribution in [2.75, 3.05) is 7.11 Å². The summed E-state index contributed by atoms with van der Waals surface area (Å²) in [6, 6.07) is 4.51. The first kappa shape index (κ1) is 12.6. The molecular formula is C13H16FN3O. The Bertz CT molecular complexity index is 525. The zero-order valence-electron chi connectivity index (χ0n) is 10.5. The topological polar surface area (TPSA) is 39.1 Å². The van der Waals surface area contributed by atoms with Crippen LogP contribution in [-0.2, 0) is 20.1 Å². The Hall–Kier alpha value is -1.88. The summed E-state index contributed by atoms with van der Waals surface area (Å²) in [5.74, 6) is 0.434. The Morgan fingerprint density at radius 3 is 2.89 bits per heavy atom. The molecule has 0 spiro atoms. The molecule has 0 atom stereocenters. The normalized spacial score (nSPS) is 10.6. The predicted octanol–water partition coefficient (Wildman–Crippen LogP) is 1.86. The van der Waals surface area contributed by atoms with Gasteiger partial charge in [-0.3, -0.25) is 4.68 Å². The van der Waals surface area contributed by atoms with Crippen LogP contribution < -0.4 is 10.1 Å². The van der Waals surface area contributed by atoms with Gasteiger partial charge < -0.3 is 10.1 Å². The summed E-state index contributed by atoms with van der Waals surface area (Å²) in [5.41, 5.74) is 1.90. The van der Waals surface area contributed by atoms with Crippen LogP contribution in [0.4, 0.5) is 4.39 Å². The minimum absolute atomic E-state index is 0.256. The number of aryl methyl sites for hydroxylation is 1. The molecule has 0 aliphatic heterocycles. The molecule has 1 aromatic carbocycles. The summed E-state index contributed by atoms with van der Waals surface area (Å²) in [4.78, 5) is 0. The number of ether oxygens (including phenoxy) is 1. The Kier molecular flexibility index (Phi) is 3.94. The maximum Gasteiger partial charge on any atom is 0.123 e. The Labute approximate surface area is 105 Å². The molecule has 0 saturated carbocycles. The molecule has 0 radical (unpaired) electrons. The van der Waals surface area contributed by atoms with Crippen LogP contribution in [0.3, 0.4) is 0 Å². The van der Waals surface area contributed by atoms with E-state index in [1.165, 1.54) is 12.1 Å². The fourth-order valence-corrected chi connectivity index (χ4v) is 1.79. The van der Waals surface area contributed by atoms with Crippen molar-refractivity contribution in [1.29, 1.82) is 0 Å². The molecule has 0 saturated heterocycles. The van der Waals surface area contributed by atoms with E-state index in [1.54, 1.807) is 24.1 Å². The number of methoxy groups -OCH3 is 1. The van der Waals surface area contributed by atoms with Crippen LogP contribution in [0.2, 0.25) is 0 Å². The van der Waals surface area contributed by atoms with E-state index in [-0.39, 0.29) is 5.82 Å². The fourth-order valence-electron chi connectivity index (χ4n) is 1.79. The summed E-state index contributed by atoms with van der Waals surface area (Å²) in [6.07, 6.45) is 3.74. The zero-order valence-corrected chi connectivity index (χ0v) is 10.5. The van der Waals surface area contributed by atoms with E-state index < -0.39 is 0 Å². The minimum atomic E-state index is -0.256. The van der Waals surface area contributed by atoms with Crippen molar-refractivity contribution in [1.82, 2.24) is 15.1 Å². The SMILES string of the molecule is COc1ccc(F)cc1CNCc1cnn(C)c1. The van der Waals surface area contributed by atoms with Gasteiger partial charge in [-0.15, -0.1) is 0 Å². The van der Waals surface area contributed by atoms with Crippen molar-refractivity contribution < 1.29 is 9.13 Å². The lowest BCUT2D eigenvalue weighted by Crippen LogP contribution is -2.13. The third-order valence-corrected chi connectivity index (χ3v) is 2.65. The van der Waals surface area contributed by atoms with Crippen molar-refractivity contribution in [3.63, 3.8) is 0 Å². The molecule has 1 heterocycles. The Morgan fingerprint density at radius 1 is 1.39 bits per heavy atom. The van der Waals surface area contributed by atoms with E-state index in [4.69, 9.17) is 4.74 Å². The average Bonchev–Trinajstić information content (AvgIpc) is 2.75. The van der Waals surface area contributed by atoms with Crippen molar-refractivity contribution >= 4 is 0 Å². The van der Waals surface area contributed by atoms with E-state index in [0.717, 1.165) is 11.1 Å². The summed E-state index contributed by atoms with van der Waals surface area (Å²) in [7, 11) is 3.46. The molecule has 5 heteroatoms. The quantitative estimate of drug-likeness (QED) is 0.879. The van der Waals surface area contributed by atoms with Gasteiger partial charge in [0.15, 0.2) is 0 Å². The predicted molar refractivity (Wildman–Crippen MR) is 66.7 cm³/mol. The van der Waals surface area contributed by atoms with Gasteiger partial charge in [0.05, 0.1) is 13.3 Å². The molecule has 0 unspecified atom stereocenters. The van der Waals surface area contributed by atoms with Crippen molar-refractivity contribution in [2.45, 2.75) is 13.1 Å². The lowest BCUT2D eigenvalue weighted by Gasteiger charge is -2.09. The summed E-state index contributed by atoms with van der Waals surface area (Å²) in [5, 5.41) is 7.32. The van der Waals surface area contributed by atoms with Crippen LogP contribution in [0, 0.1) is 5.82 Å². The van der Waals surface area contributed by atoms with Gasteiger partial charge in [0.1, 0.15) is 11.6 Å². The number of hydrogen-bond acceptors (Lipinski definition) is 3. The summed E-state index contributed by atoms with van der Waals surface area (Å²) < 4.78 is 20.1. The first-order valence-corrected chi connectivity index (χ1v) is 5.69. The van der Waals surface area contributed by atoms with Gasteiger partial charge in [-0.25, -0.2) is 4.39 Å². The molecule has 96 valence electrons. The minimum Gasteiger partial charge on any atom is -0.496 e. The molecule has 0 aliphatic carbocycles. The van der Waals surface area contributed by atoms with Crippen LogP contribution in [0.15, 0.2) is 30.6 Å². The molecule has 2 rings (SSSR count). The van der Waals surface area contributed by atoms with E-state index in [9.17, 15) is 4.39 Å². The van der Waals surface area contributed by atoms with Crippen LogP contribution in [-0.4, -0.2) is 16.9 Å². The van der Waals surface area contributed by atoms with Gasteiger partial charge in [0.2, 0.25) is 0 Å². The molecule has 18 heavy (non-hydrogen) atoms.